The Morgan fingerprint density at radius 1 is 1.10 bits per heavy atom. The number of hydrogen-bond acceptors (Lipinski definition) is 2. The lowest BCUT2D eigenvalue weighted by Gasteiger charge is -2.28. The highest BCUT2D eigenvalue weighted by atomic mass is 16.5. The summed E-state index contributed by atoms with van der Waals surface area (Å²) < 4.78 is 5.95. The van der Waals surface area contributed by atoms with Crippen LogP contribution in [0.15, 0.2) is 48.5 Å². The quantitative estimate of drug-likeness (QED) is 0.913. The lowest BCUT2D eigenvalue weighted by atomic mass is 9.98. The summed E-state index contributed by atoms with van der Waals surface area (Å²) in [6.45, 7) is 5.71. The van der Waals surface area contributed by atoms with E-state index in [0.29, 0.717) is 5.75 Å². The number of hydrogen-bond donors (Lipinski definition) is 1. The second-order valence-electron chi connectivity index (χ2n) is 5.28. The number of aryl methyl sites for hydroxylation is 1. The zero-order valence-corrected chi connectivity index (χ0v) is 11.9. The van der Waals surface area contributed by atoms with Crippen molar-refractivity contribution in [3.8, 4) is 5.75 Å². The van der Waals surface area contributed by atoms with E-state index >= 15 is 0 Å². The topological polar surface area (TPSA) is 46.5 Å². The molecule has 0 aliphatic carbocycles. The van der Waals surface area contributed by atoms with Gasteiger partial charge in [0.05, 0.1) is 0 Å². The van der Waals surface area contributed by atoms with Gasteiger partial charge < -0.3 is 9.84 Å². The Labute approximate surface area is 118 Å². The molecule has 3 nitrogen and oxygen atoms in total. The van der Waals surface area contributed by atoms with Gasteiger partial charge in [-0.1, -0.05) is 42.0 Å². The van der Waals surface area contributed by atoms with Gasteiger partial charge in [0.2, 0.25) is 0 Å². The van der Waals surface area contributed by atoms with Crippen LogP contribution in [0.2, 0.25) is 0 Å². The normalized spacial score (nSPS) is 11.2. The van der Waals surface area contributed by atoms with Gasteiger partial charge in [0, 0.05) is 0 Å². The molecule has 0 spiro atoms. The van der Waals surface area contributed by atoms with Gasteiger partial charge >= 0.3 is 5.97 Å². The SMILES string of the molecule is Cc1ccc(OC(C)(C)c2ccccc2)c(C(=O)O)c1. The summed E-state index contributed by atoms with van der Waals surface area (Å²) in [6, 6.07) is 14.9. The molecule has 3 heteroatoms. The molecule has 104 valence electrons. The first-order chi connectivity index (χ1) is 9.40. The first-order valence-electron chi connectivity index (χ1n) is 6.48. The third-order valence-electron chi connectivity index (χ3n) is 3.20. The second kappa shape index (κ2) is 5.37. The van der Waals surface area contributed by atoms with Crippen molar-refractivity contribution < 1.29 is 14.6 Å². The van der Waals surface area contributed by atoms with Crippen molar-refractivity contribution in [3.05, 3.63) is 65.2 Å². The average Bonchev–Trinajstić information content (AvgIpc) is 2.41. The molecular formula is C17H18O3. The number of benzene rings is 2. The van der Waals surface area contributed by atoms with Crippen molar-refractivity contribution in [3.63, 3.8) is 0 Å². The molecule has 0 saturated carbocycles. The summed E-state index contributed by atoms with van der Waals surface area (Å²) >= 11 is 0. The van der Waals surface area contributed by atoms with Crippen molar-refractivity contribution in [2.75, 3.05) is 0 Å². The molecule has 0 unspecified atom stereocenters. The molecule has 20 heavy (non-hydrogen) atoms. The lowest BCUT2D eigenvalue weighted by Crippen LogP contribution is -2.26. The average molecular weight is 270 g/mol. The highest BCUT2D eigenvalue weighted by molar-refractivity contribution is 5.91. The minimum absolute atomic E-state index is 0.189. The first kappa shape index (κ1) is 14.1. The van der Waals surface area contributed by atoms with E-state index in [2.05, 4.69) is 0 Å². The van der Waals surface area contributed by atoms with E-state index in [4.69, 9.17) is 4.74 Å². The summed E-state index contributed by atoms with van der Waals surface area (Å²) in [5, 5.41) is 9.28. The van der Waals surface area contributed by atoms with Crippen molar-refractivity contribution in [2.24, 2.45) is 0 Å². The largest absolute Gasteiger partial charge is 0.482 e. The van der Waals surface area contributed by atoms with Crippen LogP contribution in [0.3, 0.4) is 0 Å². The predicted molar refractivity (Wildman–Crippen MR) is 78.2 cm³/mol. The number of carboxylic acid groups (broad SMARTS) is 1. The van der Waals surface area contributed by atoms with E-state index in [1.165, 1.54) is 0 Å². The van der Waals surface area contributed by atoms with Crippen LogP contribution in [-0.2, 0) is 5.60 Å². The monoisotopic (exact) mass is 270 g/mol. The van der Waals surface area contributed by atoms with Gasteiger partial charge in [-0.2, -0.15) is 0 Å². The molecule has 1 N–H and O–H groups in total. The van der Waals surface area contributed by atoms with Crippen LogP contribution in [0, 0.1) is 6.92 Å². The summed E-state index contributed by atoms with van der Waals surface area (Å²) in [5.41, 5.74) is 1.49. The highest BCUT2D eigenvalue weighted by Gasteiger charge is 2.24. The Morgan fingerprint density at radius 3 is 2.35 bits per heavy atom. The predicted octanol–water partition coefficient (Wildman–Crippen LogP) is 4.01. The van der Waals surface area contributed by atoms with Gasteiger partial charge in [0.1, 0.15) is 16.9 Å². The molecule has 0 atom stereocenters. The fourth-order valence-corrected chi connectivity index (χ4v) is 2.07. The summed E-state index contributed by atoms with van der Waals surface area (Å²) in [5.74, 6) is -0.593. The summed E-state index contributed by atoms with van der Waals surface area (Å²) in [6.07, 6.45) is 0. The number of ether oxygens (including phenoxy) is 1. The molecule has 0 aromatic heterocycles. The Hall–Kier alpha value is -2.29. The van der Waals surface area contributed by atoms with E-state index < -0.39 is 11.6 Å². The van der Waals surface area contributed by atoms with Crippen molar-refractivity contribution in [2.45, 2.75) is 26.4 Å². The van der Waals surface area contributed by atoms with Gasteiger partial charge in [-0.05, 0) is 38.5 Å². The third-order valence-corrected chi connectivity index (χ3v) is 3.20. The van der Waals surface area contributed by atoms with Gasteiger partial charge in [-0.3, -0.25) is 0 Å². The molecule has 2 aromatic carbocycles. The minimum Gasteiger partial charge on any atom is -0.482 e. The van der Waals surface area contributed by atoms with Gasteiger partial charge in [-0.15, -0.1) is 0 Å². The molecular weight excluding hydrogens is 252 g/mol. The first-order valence-corrected chi connectivity index (χ1v) is 6.48. The van der Waals surface area contributed by atoms with E-state index in [1.807, 2.05) is 57.2 Å². The molecule has 0 aliphatic heterocycles. The summed E-state index contributed by atoms with van der Waals surface area (Å²) in [7, 11) is 0. The Kier molecular flexibility index (Phi) is 3.79. The third kappa shape index (κ3) is 2.99. The second-order valence-corrected chi connectivity index (χ2v) is 5.28. The number of aromatic carboxylic acids is 1. The zero-order chi connectivity index (χ0) is 14.8. The maximum absolute atomic E-state index is 11.3. The van der Waals surface area contributed by atoms with Crippen LogP contribution < -0.4 is 4.74 Å². The molecule has 0 bridgehead atoms. The van der Waals surface area contributed by atoms with Crippen LogP contribution in [0.5, 0.6) is 5.75 Å². The fourth-order valence-electron chi connectivity index (χ4n) is 2.07. The van der Waals surface area contributed by atoms with Crippen LogP contribution in [0.1, 0.15) is 35.3 Å². The van der Waals surface area contributed by atoms with Gasteiger partial charge in [0.25, 0.3) is 0 Å². The number of rotatable bonds is 4. The van der Waals surface area contributed by atoms with Crippen molar-refractivity contribution in [1.82, 2.24) is 0 Å². The number of carboxylic acids is 1. The van der Waals surface area contributed by atoms with Crippen LogP contribution >= 0.6 is 0 Å². The minimum atomic E-state index is -0.979. The van der Waals surface area contributed by atoms with E-state index in [0.717, 1.165) is 11.1 Å². The van der Waals surface area contributed by atoms with Crippen LogP contribution in [0.25, 0.3) is 0 Å². The molecule has 0 aliphatic rings. The maximum atomic E-state index is 11.3. The van der Waals surface area contributed by atoms with E-state index in [-0.39, 0.29) is 5.56 Å². The standard InChI is InChI=1S/C17H18O3/c1-12-9-10-15(14(11-12)16(18)19)20-17(2,3)13-7-5-4-6-8-13/h4-11H,1-3H3,(H,18,19). The lowest BCUT2D eigenvalue weighted by molar-refractivity contribution is 0.0672. The van der Waals surface area contributed by atoms with Gasteiger partial charge in [0.15, 0.2) is 0 Å². The smallest absolute Gasteiger partial charge is 0.339 e. The van der Waals surface area contributed by atoms with E-state index in [9.17, 15) is 9.90 Å². The van der Waals surface area contributed by atoms with Crippen molar-refractivity contribution >= 4 is 5.97 Å². The maximum Gasteiger partial charge on any atom is 0.339 e. The highest BCUT2D eigenvalue weighted by Crippen LogP contribution is 2.30. The van der Waals surface area contributed by atoms with Crippen LogP contribution in [-0.4, -0.2) is 11.1 Å². The van der Waals surface area contributed by atoms with Crippen LogP contribution in [0.4, 0.5) is 0 Å². The molecule has 0 saturated heterocycles. The molecule has 0 fully saturated rings. The molecule has 0 radical (unpaired) electrons. The Morgan fingerprint density at radius 2 is 1.75 bits per heavy atom. The molecule has 0 amide bonds. The Bertz CT molecular complexity index is 615. The van der Waals surface area contributed by atoms with Gasteiger partial charge in [-0.25, -0.2) is 4.79 Å². The number of carbonyl (C=O) groups is 1. The summed E-state index contributed by atoms with van der Waals surface area (Å²) in [4.78, 5) is 11.3. The fraction of sp³-hybridized carbons (Fsp3) is 0.235. The Balaban J connectivity index is 2.37. The molecule has 2 rings (SSSR count). The molecule has 2 aromatic rings. The van der Waals surface area contributed by atoms with Crippen molar-refractivity contribution in [1.29, 1.82) is 0 Å². The zero-order valence-electron chi connectivity index (χ0n) is 11.9. The molecule has 0 heterocycles. The van der Waals surface area contributed by atoms with E-state index in [1.54, 1.807) is 12.1 Å².